The van der Waals surface area contributed by atoms with E-state index in [0.717, 1.165) is 28.4 Å². The number of nitrogens with zero attached hydrogens (tertiary/aromatic N) is 1. The lowest BCUT2D eigenvalue weighted by Gasteiger charge is -2.20. The van der Waals surface area contributed by atoms with Crippen LogP contribution in [0.15, 0.2) is 109 Å². The molecule has 7 nitrogen and oxygen atoms in total. The molecule has 196 valence electrons. The maximum absolute atomic E-state index is 13.5. The first-order chi connectivity index (χ1) is 19.5. The van der Waals surface area contributed by atoms with Gasteiger partial charge in [0.05, 0.1) is 27.8 Å². The summed E-state index contributed by atoms with van der Waals surface area (Å²) in [6.07, 6.45) is 0. The summed E-state index contributed by atoms with van der Waals surface area (Å²) in [4.78, 5) is 27.0. The minimum Gasteiger partial charge on any atom is -0.507 e. The zero-order chi connectivity index (χ0) is 27.5. The first kappa shape index (κ1) is 23.8. The second-order valence-electron chi connectivity index (χ2n) is 9.77. The summed E-state index contributed by atoms with van der Waals surface area (Å²) in [6, 6.07) is 26.9. The summed E-state index contributed by atoms with van der Waals surface area (Å²) in [6.45, 7) is 2.82. The van der Waals surface area contributed by atoms with Gasteiger partial charge in [-0.25, -0.2) is 9.59 Å². The maximum atomic E-state index is 13.5. The molecule has 0 saturated heterocycles. The summed E-state index contributed by atoms with van der Waals surface area (Å²) in [5.74, 6) is -1.82. The second kappa shape index (κ2) is 8.88. The molecule has 0 spiro atoms. The SMILES string of the molecule is CCn1c2ccccc2c2cc(C(c3c(O)c4ccccc4oc3=O)c3c(O)c4ccccc4oc3=O)ccc21. The Kier molecular flexibility index (Phi) is 5.28. The zero-order valence-corrected chi connectivity index (χ0v) is 21.4. The predicted molar refractivity (Wildman–Crippen MR) is 154 cm³/mol. The minimum atomic E-state index is -1.19. The van der Waals surface area contributed by atoms with Crippen LogP contribution in [0.5, 0.6) is 11.5 Å². The van der Waals surface area contributed by atoms with Gasteiger partial charge in [0, 0.05) is 28.4 Å². The Labute approximate surface area is 226 Å². The fourth-order valence-corrected chi connectivity index (χ4v) is 5.87. The van der Waals surface area contributed by atoms with Gasteiger partial charge in [0.15, 0.2) is 0 Å². The molecule has 0 bridgehead atoms. The molecule has 4 aromatic carbocycles. The molecule has 0 aliphatic heterocycles. The first-order valence-electron chi connectivity index (χ1n) is 13.0. The molecular weight excluding hydrogens is 506 g/mol. The average Bonchev–Trinajstić information content (AvgIpc) is 3.29. The number of fused-ring (bicyclic) bond motifs is 5. The number of aromatic nitrogens is 1. The van der Waals surface area contributed by atoms with Gasteiger partial charge in [0.2, 0.25) is 0 Å². The smallest absolute Gasteiger partial charge is 0.344 e. The van der Waals surface area contributed by atoms with Crippen molar-refractivity contribution in [1.82, 2.24) is 4.57 Å². The van der Waals surface area contributed by atoms with Crippen molar-refractivity contribution in [2.75, 3.05) is 0 Å². The van der Waals surface area contributed by atoms with Crippen molar-refractivity contribution in [1.29, 1.82) is 0 Å². The van der Waals surface area contributed by atoms with Crippen molar-refractivity contribution in [2.24, 2.45) is 0 Å². The van der Waals surface area contributed by atoms with Gasteiger partial charge < -0.3 is 23.6 Å². The van der Waals surface area contributed by atoms with E-state index < -0.39 is 17.2 Å². The predicted octanol–water partition coefficient (Wildman–Crippen LogP) is 6.62. The van der Waals surface area contributed by atoms with Gasteiger partial charge in [-0.05, 0) is 55.0 Å². The van der Waals surface area contributed by atoms with Crippen LogP contribution >= 0.6 is 0 Å². The molecular formula is C33H23NO6. The van der Waals surface area contributed by atoms with Gasteiger partial charge in [-0.15, -0.1) is 0 Å². The Morgan fingerprint density at radius 1 is 0.650 bits per heavy atom. The lowest BCUT2D eigenvalue weighted by molar-refractivity contribution is 0.441. The summed E-state index contributed by atoms with van der Waals surface area (Å²) in [5, 5.41) is 25.5. The van der Waals surface area contributed by atoms with Crippen molar-refractivity contribution >= 4 is 43.7 Å². The van der Waals surface area contributed by atoms with Gasteiger partial charge in [-0.1, -0.05) is 48.5 Å². The summed E-state index contributed by atoms with van der Waals surface area (Å²) >= 11 is 0. The Morgan fingerprint density at radius 3 is 1.73 bits per heavy atom. The Morgan fingerprint density at radius 2 is 1.15 bits per heavy atom. The molecule has 40 heavy (non-hydrogen) atoms. The van der Waals surface area contributed by atoms with Crippen LogP contribution in [-0.4, -0.2) is 14.8 Å². The largest absolute Gasteiger partial charge is 0.507 e. The van der Waals surface area contributed by atoms with Crippen molar-refractivity contribution in [3.8, 4) is 11.5 Å². The number of rotatable bonds is 4. The van der Waals surface area contributed by atoms with Crippen molar-refractivity contribution < 1.29 is 19.0 Å². The molecule has 0 atom stereocenters. The normalized spacial score (nSPS) is 11.8. The highest BCUT2D eigenvalue weighted by molar-refractivity contribution is 6.08. The molecule has 0 aliphatic rings. The molecule has 2 N–H and O–H groups in total. The van der Waals surface area contributed by atoms with E-state index in [4.69, 9.17) is 8.83 Å². The Hall–Kier alpha value is -5.30. The average molecular weight is 530 g/mol. The Balaban J connectivity index is 1.61. The second-order valence-corrected chi connectivity index (χ2v) is 9.77. The topological polar surface area (TPSA) is 106 Å². The summed E-state index contributed by atoms with van der Waals surface area (Å²) in [5.41, 5.74) is 1.03. The monoisotopic (exact) mass is 529 g/mol. The molecule has 3 heterocycles. The highest BCUT2D eigenvalue weighted by Crippen LogP contribution is 2.43. The molecule has 0 radical (unpaired) electrons. The van der Waals surface area contributed by atoms with Gasteiger partial charge in [0.25, 0.3) is 0 Å². The number of aromatic hydroxyl groups is 2. The van der Waals surface area contributed by atoms with Gasteiger partial charge in [0.1, 0.15) is 22.7 Å². The third-order valence-electron chi connectivity index (χ3n) is 7.66. The molecule has 0 aliphatic carbocycles. The van der Waals surface area contributed by atoms with Crippen LogP contribution in [0, 0.1) is 0 Å². The molecule has 3 aromatic heterocycles. The van der Waals surface area contributed by atoms with Crippen LogP contribution < -0.4 is 11.3 Å². The van der Waals surface area contributed by atoms with Crippen molar-refractivity contribution in [3.05, 3.63) is 129 Å². The highest BCUT2D eigenvalue weighted by atomic mass is 16.4. The minimum absolute atomic E-state index is 0.157. The van der Waals surface area contributed by atoms with E-state index in [-0.39, 0.29) is 33.8 Å². The van der Waals surface area contributed by atoms with Crippen molar-refractivity contribution in [2.45, 2.75) is 19.4 Å². The number of para-hydroxylation sites is 3. The first-order valence-corrected chi connectivity index (χ1v) is 13.0. The van der Waals surface area contributed by atoms with E-state index >= 15 is 0 Å². The fourth-order valence-electron chi connectivity index (χ4n) is 5.87. The van der Waals surface area contributed by atoms with Crippen LogP contribution in [0.1, 0.15) is 29.5 Å². The maximum Gasteiger partial charge on any atom is 0.344 e. The fraction of sp³-hybridized carbons (Fsp3) is 0.0909. The molecule has 0 fully saturated rings. The zero-order valence-electron chi connectivity index (χ0n) is 21.4. The van der Waals surface area contributed by atoms with Crippen LogP contribution in [0.25, 0.3) is 43.7 Å². The van der Waals surface area contributed by atoms with Gasteiger partial charge in [-0.3, -0.25) is 0 Å². The van der Waals surface area contributed by atoms with E-state index in [1.54, 1.807) is 54.6 Å². The van der Waals surface area contributed by atoms with Gasteiger partial charge >= 0.3 is 11.3 Å². The van der Waals surface area contributed by atoms with Crippen LogP contribution in [-0.2, 0) is 6.54 Å². The summed E-state index contributed by atoms with van der Waals surface area (Å²) in [7, 11) is 0. The molecule has 0 amide bonds. The Bertz CT molecular complexity index is 2140. The standard InChI is InChI=1S/C33H23NO6/c1-2-34-23-12-6-3-9-19(23)22-17-18(15-16-24(22)34)27(28-30(35)20-10-4-7-13-25(20)39-32(28)37)29-31(36)21-11-5-8-14-26(21)40-33(29)38/h3-17,27,35-36H,2H2,1H3. The van der Waals surface area contributed by atoms with Gasteiger partial charge in [-0.2, -0.15) is 0 Å². The van der Waals surface area contributed by atoms with E-state index in [1.807, 2.05) is 36.4 Å². The molecule has 7 rings (SSSR count). The third-order valence-corrected chi connectivity index (χ3v) is 7.66. The van der Waals surface area contributed by atoms with Crippen LogP contribution in [0.4, 0.5) is 0 Å². The third kappa shape index (κ3) is 3.37. The molecule has 7 heteroatoms. The van der Waals surface area contributed by atoms with Crippen LogP contribution in [0.3, 0.4) is 0 Å². The van der Waals surface area contributed by atoms with E-state index in [9.17, 15) is 19.8 Å². The van der Waals surface area contributed by atoms with E-state index in [2.05, 4.69) is 11.5 Å². The van der Waals surface area contributed by atoms with Crippen molar-refractivity contribution in [3.63, 3.8) is 0 Å². The van der Waals surface area contributed by atoms with Crippen LogP contribution in [0.2, 0.25) is 0 Å². The summed E-state index contributed by atoms with van der Waals surface area (Å²) < 4.78 is 13.4. The number of hydrogen-bond donors (Lipinski definition) is 2. The number of hydrogen-bond acceptors (Lipinski definition) is 6. The lowest BCUT2D eigenvalue weighted by atomic mass is 9.84. The van der Waals surface area contributed by atoms with E-state index in [0.29, 0.717) is 16.3 Å². The molecule has 0 saturated carbocycles. The molecule has 0 unspecified atom stereocenters. The lowest BCUT2D eigenvalue weighted by Crippen LogP contribution is -2.21. The highest BCUT2D eigenvalue weighted by Gasteiger charge is 2.33. The number of aryl methyl sites for hydroxylation is 1. The number of benzene rings is 4. The quantitative estimate of drug-likeness (QED) is 0.248. The van der Waals surface area contributed by atoms with E-state index in [1.165, 1.54) is 0 Å². The molecule has 7 aromatic rings.